The van der Waals surface area contributed by atoms with E-state index in [2.05, 4.69) is 10.2 Å². The van der Waals surface area contributed by atoms with Gasteiger partial charge in [-0.3, -0.25) is 0 Å². The zero-order chi connectivity index (χ0) is 9.54. The fourth-order valence-electron chi connectivity index (χ4n) is 1.66. The average Bonchev–Trinajstić information content (AvgIpc) is 2.66. The number of nitrogens with two attached hydrogens (primary N) is 1. The van der Waals surface area contributed by atoms with Crippen molar-refractivity contribution in [2.75, 3.05) is 5.73 Å². The Bertz CT molecular complexity index is 612. The predicted octanol–water partition coefficient (Wildman–Crippen LogP) is 1.46. The predicted molar refractivity (Wildman–Crippen MR) is 54.9 cm³/mol. The van der Waals surface area contributed by atoms with Gasteiger partial charge in [0.15, 0.2) is 5.82 Å². The summed E-state index contributed by atoms with van der Waals surface area (Å²) in [5, 5.41) is 10.3. The molecule has 0 aliphatic heterocycles. The zero-order valence-corrected chi connectivity index (χ0v) is 7.38. The third-order valence-corrected chi connectivity index (χ3v) is 2.31. The first kappa shape index (κ1) is 7.32. The molecule has 4 heteroatoms. The lowest BCUT2D eigenvalue weighted by molar-refractivity contribution is 0.813. The Hall–Kier alpha value is -2.10. The standard InChI is InChI=1S/C10H8N4/c11-10-8-4-2-1-3-7(8)9-5-6-12-14(9)13-10/h1-6H,(H2,11,13). The maximum Gasteiger partial charge on any atom is 0.154 e. The van der Waals surface area contributed by atoms with Crippen LogP contribution in [0.15, 0.2) is 36.5 Å². The van der Waals surface area contributed by atoms with Gasteiger partial charge in [-0.1, -0.05) is 24.3 Å². The Morgan fingerprint density at radius 3 is 2.71 bits per heavy atom. The Morgan fingerprint density at radius 2 is 1.86 bits per heavy atom. The van der Waals surface area contributed by atoms with E-state index in [0.29, 0.717) is 5.82 Å². The van der Waals surface area contributed by atoms with Crippen LogP contribution in [0.1, 0.15) is 0 Å². The van der Waals surface area contributed by atoms with Crippen molar-refractivity contribution in [1.29, 1.82) is 0 Å². The fraction of sp³-hybridized carbons (Fsp3) is 0. The van der Waals surface area contributed by atoms with Crippen molar-refractivity contribution in [3.05, 3.63) is 36.5 Å². The van der Waals surface area contributed by atoms with Crippen LogP contribution in [0.3, 0.4) is 0 Å². The van der Waals surface area contributed by atoms with Crippen LogP contribution in [0.5, 0.6) is 0 Å². The number of anilines is 1. The van der Waals surface area contributed by atoms with Crippen LogP contribution in [-0.4, -0.2) is 14.8 Å². The van der Waals surface area contributed by atoms with E-state index in [-0.39, 0.29) is 0 Å². The van der Waals surface area contributed by atoms with Gasteiger partial charge in [-0.25, -0.2) is 0 Å². The molecule has 0 spiro atoms. The maximum absolute atomic E-state index is 5.81. The highest BCUT2D eigenvalue weighted by Crippen LogP contribution is 2.22. The van der Waals surface area contributed by atoms with Gasteiger partial charge in [-0.15, -0.1) is 9.73 Å². The quantitative estimate of drug-likeness (QED) is 0.575. The van der Waals surface area contributed by atoms with Gasteiger partial charge >= 0.3 is 0 Å². The highest BCUT2D eigenvalue weighted by molar-refractivity contribution is 6.00. The number of rotatable bonds is 0. The zero-order valence-electron chi connectivity index (χ0n) is 7.38. The van der Waals surface area contributed by atoms with Crippen LogP contribution in [0.4, 0.5) is 5.82 Å². The van der Waals surface area contributed by atoms with Gasteiger partial charge in [0.25, 0.3) is 0 Å². The molecule has 0 fully saturated rings. The minimum atomic E-state index is 0.511. The summed E-state index contributed by atoms with van der Waals surface area (Å²) in [6.45, 7) is 0. The second-order valence-corrected chi connectivity index (χ2v) is 3.14. The first-order valence-electron chi connectivity index (χ1n) is 4.34. The Balaban J connectivity index is 2.67. The van der Waals surface area contributed by atoms with E-state index in [1.54, 1.807) is 10.8 Å². The summed E-state index contributed by atoms with van der Waals surface area (Å²) in [6, 6.07) is 9.84. The van der Waals surface area contributed by atoms with Crippen LogP contribution < -0.4 is 5.73 Å². The lowest BCUT2D eigenvalue weighted by Crippen LogP contribution is -2.00. The van der Waals surface area contributed by atoms with E-state index in [4.69, 9.17) is 5.73 Å². The Morgan fingerprint density at radius 1 is 1.07 bits per heavy atom. The SMILES string of the molecule is Nc1nn2nccc2c2ccccc12. The lowest BCUT2D eigenvalue weighted by Gasteiger charge is -2.02. The van der Waals surface area contributed by atoms with Gasteiger partial charge in [0.2, 0.25) is 0 Å². The molecule has 0 aliphatic rings. The number of hydrogen-bond acceptors (Lipinski definition) is 3. The molecule has 2 N–H and O–H groups in total. The number of hydrogen-bond donors (Lipinski definition) is 1. The summed E-state index contributed by atoms with van der Waals surface area (Å²) in [5.74, 6) is 0.511. The van der Waals surface area contributed by atoms with Crippen molar-refractivity contribution in [2.24, 2.45) is 0 Å². The van der Waals surface area contributed by atoms with Crippen molar-refractivity contribution in [3.63, 3.8) is 0 Å². The molecule has 14 heavy (non-hydrogen) atoms. The lowest BCUT2D eigenvalue weighted by atomic mass is 10.1. The Kier molecular flexibility index (Phi) is 1.28. The van der Waals surface area contributed by atoms with E-state index in [0.717, 1.165) is 16.3 Å². The van der Waals surface area contributed by atoms with Gasteiger partial charge in [0.1, 0.15) is 0 Å². The van der Waals surface area contributed by atoms with Gasteiger partial charge in [0.05, 0.1) is 11.7 Å². The molecule has 0 bridgehead atoms. The Labute approximate surface area is 79.9 Å². The summed E-state index contributed by atoms with van der Waals surface area (Å²) < 4.78 is 1.55. The molecule has 0 amide bonds. The molecular formula is C10H8N4. The normalized spacial score (nSPS) is 11.1. The van der Waals surface area contributed by atoms with Crippen LogP contribution in [-0.2, 0) is 0 Å². The van der Waals surface area contributed by atoms with Gasteiger partial charge in [-0.05, 0) is 6.07 Å². The monoisotopic (exact) mass is 184 g/mol. The number of benzene rings is 1. The van der Waals surface area contributed by atoms with E-state index < -0.39 is 0 Å². The molecule has 3 aromatic rings. The molecule has 0 saturated carbocycles. The summed E-state index contributed by atoms with van der Waals surface area (Å²) >= 11 is 0. The van der Waals surface area contributed by atoms with Crippen molar-refractivity contribution < 1.29 is 0 Å². The molecular weight excluding hydrogens is 176 g/mol. The molecule has 0 atom stereocenters. The van der Waals surface area contributed by atoms with Crippen LogP contribution in [0.2, 0.25) is 0 Å². The molecule has 0 saturated heterocycles. The summed E-state index contributed by atoms with van der Waals surface area (Å²) in [7, 11) is 0. The van der Waals surface area contributed by atoms with Crippen LogP contribution in [0.25, 0.3) is 16.3 Å². The maximum atomic E-state index is 5.81. The van der Waals surface area contributed by atoms with Crippen molar-refractivity contribution >= 4 is 22.1 Å². The van der Waals surface area contributed by atoms with Gasteiger partial charge < -0.3 is 5.73 Å². The van der Waals surface area contributed by atoms with E-state index in [1.807, 2.05) is 30.3 Å². The van der Waals surface area contributed by atoms with Gasteiger partial charge in [0, 0.05) is 10.8 Å². The summed E-state index contributed by atoms with van der Waals surface area (Å²) in [4.78, 5) is 0. The van der Waals surface area contributed by atoms with Gasteiger partial charge in [-0.2, -0.15) is 5.10 Å². The van der Waals surface area contributed by atoms with Crippen molar-refractivity contribution in [2.45, 2.75) is 0 Å². The third-order valence-electron chi connectivity index (χ3n) is 2.31. The van der Waals surface area contributed by atoms with Crippen molar-refractivity contribution in [1.82, 2.24) is 14.8 Å². The first-order valence-corrected chi connectivity index (χ1v) is 4.34. The molecule has 2 heterocycles. The highest BCUT2D eigenvalue weighted by Gasteiger charge is 2.04. The minimum Gasteiger partial charge on any atom is -0.382 e. The van der Waals surface area contributed by atoms with Crippen LogP contribution in [0, 0.1) is 0 Å². The molecule has 0 aliphatic carbocycles. The number of nitrogen functional groups attached to an aromatic ring is 1. The molecule has 4 nitrogen and oxygen atoms in total. The first-order chi connectivity index (χ1) is 6.86. The molecule has 2 aromatic heterocycles. The smallest absolute Gasteiger partial charge is 0.154 e. The number of aromatic nitrogens is 3. The van der Waals surface area contributed by atoms with E-state index >= 15 is 0 Å². The number of fused-ring (bicyclic) bond motifs is 3. The molecule has 68 valence electrons. The fourth-order valence-corrected chi connectivity index (χ4v) is 1.66. The molecule has 3 rings (SSSR count). The number of nitrogens with zero attached hydrogens (tertiary/aromatic N) is 3. The topological polar surface area (TPSA) is 56.2 Å². The molecule has 0 unspecified atom stereocenters. The largest absolute Gasteiger partial charge is 0.382 e. The third kappa shape index (κ3) is 0.821. The van der Waals surface area contributed by atoms with Crippen molar-refractivity contribution in [3.8, 4) is 0 Å². The second kappa shape index (κ2) is 2.45. The minimum absolute atomic E-state index is 0.511. The highest BCUT2D eigenvalue weighted by atomic mass is 15.4. The summed E-state index contributed by atoms with van der Waals surface area (Å²) in [6.07, 6.45) is 1.72. The molecule has 1 aromatic carbocycles. The average molecular weight is 184 g/mol. The second-order valence-electron chi connectivity index (χ2n) is 3.14. The molecule has 0 radical (unpaired) electrons. The summed E-state index contributed by atoms with van der Waals surface area (Å²) in [5.41, 5.74) is 6.79. The van der Waals surface area contributed by atoms with Crippen LogP contribution >= 0.6 is 0 Å². The van der Waals surface area contributed by atoms with E-state index in [9.17, 15) is 0 Å². The van der Waals surface area contributed by atoms with E-state index in [1.165, 1.54) is 0 Å².